The van der Waals surface area contributed by atoms with Crippen molar-refractivity contribution in [3.05, 3.63) is 50.6 Å². The molecule has 1 aromatic heterocycles. The summed E-state index contributed by atoms with van der Waals surface area (Å²) in [6.45, 7) is 0. The molecule has 0 bridgehead atoms. The number of rotatable bonds is 4. The number of hydrogen-bond acceptors (Lipinski definition) is 3. The van der Waals surface area contributed by atoms with E-state index in [1.165, 1.54) is 11.3 Å². The molecular formula is C13H9Cl5N2OS. The van der Waals surface area contributed by atoms with Crippen LogP contribution in [0.5, 0.6) is 0 Å². The van der Waals surface area contributed by atoms with Crippen LogP contribution in [0.1, 0.15) is 9.67 Å². The van der Waals surface area contributed by atoms with Crippen LogP contribution >= 0.6 is 69.3 Å². The van der Waals surface area contributed by atoms with Crippen LogP contribution in [0.2, 0.25) is 10.0 Å². The molecule has 1 atom stereocenters. The summed E-state index contributed by atoms with van der Waals surface area (Å²) in [4.78, 5) is 12.6. The smallest absolute Gasteiger partial charge is 0.263 e. The SMILES string of the molecule is O=C(NC(Nc1cc(Cl)ccc1Cl)C(Cl)(Cl)Cl)c1cccs1. The normalized spacial score (nSPS) is 12.8. The monoisotopic (exact) mass is 416 g/mol. The van der Waals surface area contributed by atoms with Gasteiger partial charge in [-0.1, -0.05) is 64.1 Å². The van der Waals surface area contributed by atoms with Crippen molar-refractivity contribution in [2.75, 3.05) is 5.32 Å². The molecule has 1 unspecified atom stereocenters. The Kier molecular flexibility index (Phi) is 6.11. The maximum Gasteiger partial charge on any atom is 0.263 e. The minimum atomic E-state index is -1.79. The van der Waals surface area contributed by atoms with Crippen LogP contribution in [0, 0.1) is 0 Å². The summed E-state index contributed by atoms with van der Waals surface area (Å²) < 4.78 is -1.79. The Morgan fingerprint density at radius 3 is 2.50 bits per heavy atom. The molecule has 118 valence electrons. The molecule has 2 aromatic rings. The Morgan fingerprint density at radius 2 is 1.91 bits per heavy atom. The minimum Gasteiger partial charge on any atom is -0.361 e. The highest BCUT2D eigenvalue weighted by Crippen LogP contribution is 2.34. The second kappa shape index (κ2) is 7.47. The van der Waals surface area contributed by atoms with E-state index in [2.05, 4.69) is 10.6 Å². The van der Waals surface area contributed by atoms with Gasteiger partial charge in [-0.25, -0.2) is 0 Å². The number of benzene rings is 1. The first-order chi connectivity index (χ1) is 10.3. The quantitative estimate of drug-likeness (QED) is 0.502. The number of carbonyl (C=O) groups excluding carboxylic acids is 1. The lowest BCUT2D eigenvalue weighted by atomic mass is 10.3. The average molecular weight is 419 g/mol. The molecule has 2 N–H and O–H groups in total. The van der Waals surface area contributed by atoms with E-state index in [0.717, 1.165) is 0 Å². The lowest BCUT2D eigenvalue weighted by molar-refractivity contribution is 0.0946. The topological polar surface area (TPSA) is 41.1 Å². The predicted molar refractivity (Wildman–Crippen MR) is 95.9 cm³/mol. The zero-order valence-corrected chi connectivity index (χ0v) is 15.3. The summed E-state index contributed by atoms with van der Waals surface area (Å²) in [7, 11) is 0. The van der Waals surface area contributed by atoms with E-state index < -0.39 is 9.96 Å². The molecule has 0 fully saturated rings. The Balaban J connectivity index is 2.20. The largest absolute Gasteiger partial charge is 0.361 e. The van der Waals surface area contributed by atoms with Gasteiger partial charge in [-0.2, -0.15) is 0 Å². The van der Waals surface area contributed by atoms with Gasteiger partial charge in [0.2, 0.25) is 3.79 Å². The highest BCUT2D eigenvalue weighted by Gasteiger charge is 2.34. The summed E-state index contributed by atoms with van der Waals surface area (Å²) in [6, 6.07) is 8.23. The molecular weight excluding hydrogens is 409 g/mol. The van der Waals surface area contributed by atoms with Gasteiger partial charge in [0, 0.05) is 5.02 Å². The summed E-state index contributed by atoms with van der Waals surface area (Å²) in [5.41, 5.74) is 0.442. The molecule has 0 aliphatic rings. The van der Waals surface area contributed by atoms with Gasteiger partial charge in [-0.3, -0.25) is 4.79 Å². The highest BCUT2D eigenvalue weighted by atomic mass is 35.6. The number of amides is 1. The van der Waals surface area contributed by atoms with E-state index in [-0.39, 0.29) is 5.91 Å². The fourth-order valence-corrected chi connectivity index (χ4v) is 2.87. The van der Waals surface area contributed by atoms with Gasteiger partial charge in [0.1, 0.15) is 6.17 Å². The second-order valence-corrected chi connectivity index (χ2v) is 8.35. The van der Waals surface area contributed by atoms with Crippen LogP contribution in [0.15, 0.2) is 35.7 Å². The zero-order valence-electron chi connectivity index (χ0n) is 10.7. The van der Waals surface area contributed by atoms with Gasteiger partial charge in [0.05, 0.1) is 15.6 Å². The third-order valence-electron chi connectivity index (χ3n) is 2.58. The highest BCUT2D eigenvalue weighted by molar-refractivity contribution is 7.12. The van der Waals surface area contributed by atoms with Crippen LogP contribution in [0.25, 0.3) is 0 Å². The molecule has 0 aliphatic carbocycles. The van der Waals surface area contributed by atoms with Crippen LogP contribution in [-0.4, -0.2) is 15.9 Å². The van der Waals surface area contributed by atoms with Crippen LogP contribution in [0.3, 0.4) is 0 Å². The second-order valence-electron chi connectivity index (χ2n) is 4.19. The van der Waals surface area contributed by atoms with Crippen molar-refractivity contribution in [1.82, 2.24) is 5.32 Å². The minimum absolute atomic E-state index is 0.364. The number of hydrogen-bond donors (Lipinski definition) is 2. The average Bonchev–Trinajstić information content (AvgIpc) is 2.95. The molecule has 0 spiro atoms. The summed E-state index contributed by atoms with van der Waals surface area (Å²) >= 11 is 31.0. The molecule has 1 heterocycles. The first kappa shape index (κ1) is 18.0. The Labute approximate surface area is 156 Å². The van der Waals surface area contributed by atoms with Crippen molar-refractivity contribution in [2.45, 2.75) is 9.96 Å². The number of halogens is 5. The number of carbonyl (C=O) groups is 1. The van der Waals surface area contributed by atoms with Gasteiger partial charge >= 0.3 is 0 Å². The molecule has 0 aliphatic heterocycles. The zero-order chi connectivity index (χ0) is 16.3. The molecule has 22 heavy (non-hydrogen) atoms. The van der Waals surface area contributed by atoms with Crippen molar-refractivity contribution in [2.24, 2.45) is 0 Å². The van der Waals surface area contributed by atoms with Gasteiger partial charge in [-0.05, 0) is 29.6 Å². The maximum absolute atomic E-state index is 12.1. The van der Waals surface area contributed by atoms with E-state index >= 15 is 0 Å². The lowest BCUT2D eigenvalue weighted by Crippen LogP contribution is -2.49. The summed E-state index contributed by atoms with van der Waals surface area (Å²) in [6.07, 6.45) is -0.997. The fraction of sp³-hybridized carbons (Fsp3) is 0.154. The van der Waals surface area contributed by atoms with E-state index in [1.807, 2.05) is 0 Å². The van der Waals surface area contributed by atoms with Crippen molar-refractivity contribution >= 4 is 80.9 Å². The van der Waals surface area contributed by atoms with Crippen molar-refractivity contribution in [1.29, 1.82) is 0 Å². The molecule has 0 radical (unpaired) electrons. The molecule has 2 rings (SSSR count). The third kappa shape index (κ3) is 4.82. The molecule has 3 nitrogen and oxygen atoms in total. The fourth-order valence-electron chi connectivity index (χ4n) is 1.57. The molecule has 0 saturated heterocycles. The van der Waals surface area contributed by atoms with E-state index in [9.17, 15) is 4.79 Å². The van der Waals surface area contributed by atoms with Crippen LogP contribution < -0.4 is 10.6 Å². The Bertz CT molecular complexity index is 657. The van der Waals surface area contributed by atoms with Gasteiger partial charge < -0.3 is 10.6 Å². The lowest BCUT2D eigenvalue weighted by Gasteiger charge is -2.27. The summed E-state index contributed by atoms with van der Waals surface area (Å²) in [5, 5.41) is 8.12. The van der Waals surface area contributed by atoms with E-state index in [0.29, 0.717) is 20.6 Å². The Morgan fingerprint density at radius 1 is 1.18 bits per heavy atom. The van der Waals surface area contributed by atoms with Crippen molar-refractivity contribution in [3.63, 3.8) is 0 Å². The van der Waals surface area contributed by atoms with E-state index in [1.54, 1.807) is 35.7 Å². The van der Waals surface area contributed by atoms with E-state index in [4.69, 9.17) is 58.0 Å². The number of nitrogens with one attached hydrogen (secondary N) is 2. The van der Waals surface area contributed by atoms with Gasteiger partial charge in [-0.15, -0.1) is 11.3 Å². The Hall–Kier alpha value is -0.360. The summed E-state index contributed by atoms with van der Waals surface area (Å²) in [5.74, 6) is -0.364. The first-order valence-electron chi connectivity index (χ1n) is 5.90. The van der Waals surface area contributed by atoms with Crippen molar-refractivity contribution < 1.29 is 4.79 Å². The number of anilines is 1. The van der Waals surface area contributed by atoms with Crippen molar-refractivity contribution in [3.8, 4) is 0 Å². The molecule has 1 amide bonds. The predicted octanol–water partition coefficient (Wildman–Crippen LogP) is 5.59. The van der Waals surface area contributed by atoms with Gasteiger partial charge in [0.25, 0.3) is 5.91 Å². The number of thiophene rings is 1. The van der Waals surface area contributed by atoms with Crippen LogP contribution in [-0.2, 0) is 0 Å². The standard InChI is InChI=1S/C13H9Cl5N2OS/c14-7-3-4-8(15)9(6-7)19-12(13(16,17)18)20-11(21)10-2-1-5-22-10/h1-6,12,19H,(H,20,21). The molecule has 0 saturated carbocycles. The molecule has 1 aromatic carbocycles. The number of alkyl halides is 3. The molecule has 9 heteroatoms. The van der Waals surface area contributed by atoms with Crippen LogP contribution in [0.4, 0.5) is 5.69 Å². The maximum atomic E-state index is 12.1. The first-order valence-corrected chi connectivity index (χ1v) is 8.67. The third-order valence-corrected chi connectivity index (χ3v) is 4.66. The van der Waals surface area contributed by atoms with Gasteiger partial charge in [0.15, 0.2) is 0 Å².